The number of nitrogens with zero attached hydrogens (tertiary/aromatic N) is 2. The van der Waals surface area contributed by atoms with Crippen molar-refractivity contribution in [3.05, 3.63) is 30.6 Å². The molecule has 5 nitrogen and oxygen atoms in total. The van der Waals surface area contributed by atoms with E-state index in [-0.39, 0.29) is 6.10 Å². The molecule has 18 heavy (non-hydrogen) atoms. The van der Waals surface area contributed by atoms with Crippen molar-refractivity contribution in [1.82, 2.24) is 9.97 Å². The molecule has 1 atom stereocenters. The zero-order valence-electron chi connectivity index (χ0n) is 10.0. The van der Waals surface area contributed by atoms with Gasteiger partial charge in [-0.05, 0) is 12.1 Å². The van der Waals surface area contributed by atoms with Crippen LogP contribution in [-0.2, 0) is 9.47 Å². The molecule has 0 bridgehead atoms. The standard InChI is InChI=1S/C13H15N3O2/c1-2-4-12-11(3-1)13(16-9-15-12)14-7-10-8-17-5-6-18-10/h1-4,9-10H,5-8H2,(H,14,15,16). The smallest absolute Gasteiger partial charge is 0.137 e. The number of hydrogen-bond donors (Lipinski definition) is 1. The van der Waals surface area contributed by atoms with E-state index in [1.165, 1.54) is 0 Å². The number of anilines is 1. The second-order valence-electron chi connectivity index (χ2n) is 4.19. The summed E-state index contributed by atoms with van der Waals surface area (Å²) in [6.07, 6.45) is 1.66. The Hall–Kier alpha value is -1.72. The van der Waals surface area contributed by atoms with Gasteiger partial charge in [0.25, 0.3) is 0 Å². The molecule has 5 heteroatoms. The first-order valence-corrected chi connectivity index (χ1v) is 6.06. The summed E-state index contributed by atoms with van der Waals surface area (Å²) in [6, 6.07) is 7.94. The summed E-state index contributed by atoms with van der Waals surface area (Å²) in [4.78, 5) is 8.50. The van der Waals surface area contributed by atoms with E-state index in [0.717, 1.165) is 16.7 Å². The van der Waals surface area contributed by atoms with Crippen LogP contribution in [0.3, 0.4) is 0 Å². The quantitative estimate of drug-likeness (QED) is 0.887. The molecule has 1 aromatic carbocycles. The van der Waals surface area contributed by atoms with Gasteiger partial charge in [-0.15, -0.1) is 0 Å². The summed E-state index contributed by atoms with van der Waals surface area (Å²) >= 11 is 0. The van der Waals surface area contributed by atoms with Crippen LogP contribution in [0.15, 0.2) is 30.6 Å². The fourth-order valence-corrected chi connectivity index (χ4v) is 2.01. The molecule has 1 aromatic heterocycles. The van der Waals surface area contributed by atoms with Gasteiger partial charge in [0.2, 0.25) is 0 Å². The lowest BCUT2D eigenvalue weighted by atomic mass is 10.2. The average molecular weight is 245 g/mol. The Morgan fingerprint density at radius 2 is 2.17 bits per heavy atom. The Morgan fingerprint density at radius 3 is 3.06 bits per heavy atom. The van der Waals surface area contributed by atoms with E-state index in [1.807, 2.05) is 24.3 Å². The zero-order chi connectivity index (χ0) is 12.2. The van der Waals surface area contributed by atoms with Crippen molar-refractivity contribution in [2.24, 2.45) is 0 Å². The van der Waals surface area contributed by atoms with Gasteiger partial charge in [0, 0.05) is 11.9 Å². The number of hydrogen-bond acceptors (Lipinski definition) is 5. The molecule has 2 heterocycles. The van der Waals surface area contributed by atoms with Crippen molar-refractivity contribution in [3.8, 4) is 0 Å². The first-order valence-electron chi connectivity index (χ1n) is 6.06. The highest BCUT2D eigenvalue weighted by atomic mass is 16.6. The molecule has 1 saturated heterocycles. The number of rotatable bonds is 3. The topological polar surface area (TPSA) is 56.3 Å². The molecule has 0 spiro atoms. The Kier molecular flexibility index (Phi) is 3.34. The maximum atomic E-state index is 5.58. The third-order valence-corrected chi connectivity index (χ3v) is 2.92. The lowest BCUT2D eigenvalue weighted by Gasteiger charge is -2.23. The number of fused-ring (bicyclic) bond motifs is 1. The van der Waals surface area contributed by atoms with Crippen molar-refractivity contribution in [1.29, 1.82) is 0 Å². The molecule has 0 radical (unpaired) electrons. The Bertz CT molecular complexity index is 521. The highest BCUT2D eigenvalue weighted by Gasteiger charge is 2.14. The molecule has 94 valence electrons. The minimum absolute atomic E-state index is 0.0903. The van der Waals surface area contributed by atoms with Gasteiger partial charge in [-0.25, -0.2) is 9.97 Å². The maximum absolute atomic E-state index is 5.58. The van der Waals surface area contributed by atoms with Gasteiger partial charge in [-0.2, -0.15) is 0 Å². The number of nitrogens with one attached hydrogen (secondary N) is 1. The molecule has 1 fully saturated rings. The van der Waals surface area contributed by atoms with Crippen LogP contribution in [0, 0.1) is 0 Å². The summed E-state index contributed by atoms with van der Waals surface area (Å²) in [5.41, 5.74) is 0.941. The SMILES string of the molecule is c1ccc2c(NCC3COCCO3)ncnc2c1. The highest BCUT2D eigenvalue weighted by Crippen LogP contribution is 2.18. The third-order valence-electron chi connectivity index (χ3n) is 2.92. The van der Waals surface area contributed by atoms with Crippen LogP contribution in [0.1, 0.15) is 0 Å². The minimum Gasteiger partial charge on any atom is -0.376 e. The molecule has 1 N–H and O–H groups in total. The van der Waals surface area contributed by atoms with Gasteiger partial charge in [0.1, 0.15) is 12.1 Å². The highest BCUT2D eigenvalue weighted by molar-refractivity contribution is 5.88. The van der Waals surface area contributed by atoms with Crippen LogP contribution in [0.25, 0.3) is 10.9 Å². The molecule has 1 aliphatic rings. The number of aromatic nitrogens is 2. The van der Waals surface area contributed by atoms with Crippen molar-refractivity contribution in [2.45, 2.75) is 6.10 Å². The molecule has 1 aliphatic heterocycles. The summed E-state index contributed by atoms with van der Waals surface area (Å²) in [7, 11) is 0. The fourth-order valence-electron chi connectivity index (χ4n) is 2.01. The average Bonchev–Trinajstić information content (AvgIpc) is 2.46. The van der Waals surface area contributed by atoms with Crippen molar-refractivity contribution < 1.29 is 9.47 Å². The number of benzene rings is 1. The lowest BCUT2D eigenvalue weighted by molar-refractivity contribution is -0.0819. The van der Waals surface area contributed by atoms with Crippen molar-refractivity contribution >= 4 is 16.7 Å². The van der Waals surface area contributed by atoms with Crippen LogP contribution < -0.4 is 5.32 Å². The van der Waals surface area contributed by atoms with Gasteiger partial charge in [-0.3, -0.25) is 0 Å². The van der Waals surface area contributed by atoms with Crippen molar-refractivity contribution in [2.75, 3.05) is 31.7 Å². The first-order chi connectivity index (χ1) is 8.93. The van der Waals surface area contributed by atoms with Crippen molar-refractivity contribution in [3.63, 3.8) is 0 Å². The van der Waals surface area contributed by atoms with Gasteiger partial charge in [-0.1, -0.05) is 12.1 Å². The minimum atomic E-state index is 0.0903. The van der Waals surface area contributed by atoms with Crippen LogP contribution in [0.4, 0.5) is 5.82 Å². The number of para-hydroxylation sites is 1. The van der Waals surface area contributed by atoms with Gasteiger partial charge in [0.15, 0.2) is 0 Å². The molecule has 1 unspecified atom stereocenters. The monoisotopic (exact) mass is 245 g/mol. The largest absolute Gasteiger partial charge is 0.376 e. The molecule has 0 saturated carbocycles. The molecule has 0 amide bonds. The Labute approximate surface area is 105 Å². The second kappa shape index (κ2) is 5.29. The van der Waals surface area contributed by atoms with E-state index in [0.29, 0.717) is 26.4 Å². The van der Waals surface area contributed by atoms with E-state index in [2.05, 4.69) is 15.3 Å². The van der Waals surface area contributed by atoms with E-state index in [9.17, 15) is 0 Å². The second-order valence-corrected chi connectivity index (χ2v) is 4.19. The van der Waals surface area contributed by atoms with E-state index < -0.39 is 0 Å². The maximum Gasteiger partial charge on any atom is 0.137 e. The summed E-state index contributed by atoms with van der Waals surface area (Å²) < 4.78 is 10.9. The summed E-state index contributed by atoms with van der Waals surface area (Å²) in [5.74, 6) is 0.842. The number of ether oxygens (including phenoxy) is 2. The Balaban J connectivity index is 1.74. The molecule has 2 aromatic rings. The fraction of sp³-hybridized carbons (Fsp3) is 0.385. The van der Waals surface area contributed by atoms with Gasteiger partial charge < -0.3 is 14.8 Å². The van der Waals surface area contributed by atoms with Crippen LogP contribution in [-0.4, -0.2) is 42.4 Å². The predicted molar refractivity (Wildman–Crippen MR) is 68.6 cm³/mol. The Morgan fingerprint density at radius 1 is 1.22 bits per heavy atom. The van der Waals surface area contributed by atoms with Crippen LogP contribution >= 0.6 is 0 Å². The van der Waals surface area contributed by atoms with Crippen LogP contribution in [0.5, 0.6) is 0 Å². The van der Waals surface area contributed by atoms with E-state index >= 15 is 0 Å². The molecule has 3 rings (SSSR count). The first kappa shape index (κ1) is 11.4. The predicted octanol–water partition coefficient (Wildman–Crippen LogP) is 1.46. The van der Waals surface area contributed by atoms with E-state index in [4.69, 9.17) is 9.47 Å². The van der Waals surface area contributed by atoms with E-state index in [1.54, 1.807) is 6.33 Å². The third kappa shape index (κ3) is 2.42. The molecular weight excluding hydrogens is 230 g/mol. The van der Waals surface area contributed by atoms with Gasteiger partial charge >= 0.3 is 0 Å². The zero-order valence-corrected chi connectivity index (χ0v) is 10.0. The molecule has 0 aliphatic carbocycles. The summed E-state index contributed by atoms with van der Waals surface area (Å²) in [6.45, 7) is 2.68. The molecular formula is C13H15N3O2. The summed E-state index contributed by atoms with van der Waals surface area (Å²) in [5, 5.41) is 4.33. The lowest BCUT2D eigenvalue weighted by Crippen LogP contribution is -2.34. The van der Waals surface area contributed by atoms with Gasteiger partial charge in [0.05, 0.1) is 31.4 Å². The van der Waals surface area contributed by atoms with Crippen LogP contribution in [0.2, 0.25) is 0 Å². The normalized spacial score (nSPS) is 19.9.